The Balaban J connectivity index is 1.77. The number of nitrogens with two attached hydrogens (primary N) is 1. The summed E-state index contributed by atoms with van der Waals surface area (Å²) in [6.07, 6.45) is 1.46. The van der Waals surface area contributed by atoms with E-state index in [1.165, 1.54) is 19.1 Å². The second kappa shape index (κ2) is 8.16. The number of primary amides is 1. The van der Waals surface area contributed by atoms with E-state index in [1.807, 2.05) is 6.07 Å². The fourth-order valence-electron chi connectivity index (χ4n) is 4.10. The van der Waals surface area contributed by atoms with Crippen molar-refractivity contribution in [2.45, 2.75) is 36.1 Å². The number of phenolic OH excluding ortho intramolecular Hbond substituents is 1. The van der Waals surface area contributed by atoms with Gasteiger partial charge < -0.3 is 20.7 Å². The fraction of sp³-hybridized carbons (Fsp3) is 0.217. The van der Waals surface area contributed by atoms with Crippen LogP contribution in [0.5, 0.6) is 5.75 Å². The Morgan fingerprint density at radius 1 is 1.06 bits per heavy atom. The molecule has 0 unspecified atom stereocenters. The summed E-state index contributed by atoms with van der Waals surface area (Å²) in [5, 5.41) is 9.84. The van der Waals surface area contributed by atoms with Gasteiger partial charge in [0.05, 0.1) is 4.90 Å². The fourth-order valence-corrected chi connectivity index (χ4v) is 5.77. The zero-order valence-electron chi connectivity index (χ0n) is 17.5. The molecule has 32 heavy (non-hydrogen) atoms. The average Bonchev–Trinajstić information content (AvgIpc) is 2.98. The van der Waals surface area contributed by atoms with Crippen molar-refractivity contribution in [2.75, 3.05) is 6.54 Å². The Bertz CT molecular complexity index is 1310. The number of fused-ring (bicyclic) bond motifs is 1. The molecule has 0 fully saturated rings. The number of benzene rings is 2. The van der Waals surface area contributed by atoms with Crippen molar-refractivity contribution in [3.63, 3.8) is 0 Å². The summed E-state index contributed by atoms with van der Waals surface area (Å²) >= 11 is 0. The quantitative estimate of drug-likeness (QED) is 0.558. The maximum Gasteiger partial charge on any atom is 0.270 e. The minimum absolute atomic E-state index is 0.00257. The molecule has 1 aliphatic heterocycles. The number of aromatic nitrogens is 1. The largest absolute Gasteiger partial charge is 0.508 e. The topological polar surface area (TPSA) is 134 Å². The number of phenols is 1. The summed E-state index contributed by atoms with van der Waals surface area (Å²) in [5.41, 5.74) is 7.18. The van der Waals surface area contributed by atoms with E-state index in [0.717, 1.165) is 17.5 Å². The first-order chi connectivity index (χ1) is 15.2. The summed E-state index contributed by atoms with van der Waals surface area (Å²) < 4.78 is 26.5. The molecule has 1 aromatic heterocycles. The van der Waals surface area contributed by atoms with Gasteiger partial charge in [0.25, 0.3) is 11.8 Å². The molecule has 2 aromatic carbocycles. The van der Waals surface area contributed by atoms with E-state index in [0.29, 0.717) is 13.0 Å². The van der Waals surface area contributed by atoms with Gasteiger partial charge in [-0.3, -0.25) is 9.59 Å². The lowest BCUT2D eigenvalue weighted by atomic mass is 10.0. The van der Waals surface area contributed by atoms with Gasteiger partial charge in [0.15, 0.2) is 0 Å². The molecule has 2 heterocycles. The number of aromatic hydroxyl groups is 1. The number of carbonyl (C=O) groups is 2. The number of sulfone groups is 1. The number of hydrogen-bond acceptors (Lipinski definition) is 5. The highest BCUT2D eigenvalue weighted by molar-refractivity contribution is 7.91. The van der Waals surface area contributed by atoms with Crippen LogP contribution in [0, 0.1) is 6.92 Å². The highest BCUT2D eigenvalue weighted by atomic mass is 32.2. The van der Waals surface area contributed by atoms with Crippen molar-refractivity contribution in [3.8, 4) is 5.75 Å². The smallest absolute Gasteiger partial charge is 0.270 e. The average molecular weight is 454 g/mol. The van der Waals surface area contributed by atoms with Gasteiger partial charge in [0, 0.05) is 13.1 Å². The molecular weight excluding hydrogens is 430 g/mol. The van der Waals surface area contributed by atoms with Crippen molar-refractivity contribution in [1.82, 2.24) is 9.88 Å². The lowest BCUT2D eigenvalue weighted by Gasteiger charge is -2.21. The Labute approximate surface area is 185 Å². The summed E-state index contributed by atoms with van der Waals surface area (Å²) in [4.78, 5) is 29.5. The molecule has 4 rings (SSSR count). The van der Waals surface area contributed by atoms with E-state index in [-0.39, 0.29) is 39.0 Å². The Morgan fingerprint density at radius 3 is 2.47 bits per heavy atom. The van der Waals surface area contributed by atoms with Gasteiger partial charge in [-0.1, -0.05) is 24.3 Å². The van der Waals surface area contributed by atoms with Crippen LogP contribution in [0.4, 0.5) is 0 Å². The SMILES string of the molecule is Cc1c(C(=O)N2CCCc3ccc(O)cc3C2)[nH]c(C(N)=O)c1S(=O)(=O)c1ccccc1. The predicted octanol–water partition coefficient (Wildman–Crippen LogP) is 2.55. The van der Waals surface area contributed by atoms with E-state index in [4.69, 9.17) is 5.73 Å². The van der Waals surface area contributed by atoms with E-state index in [1.54, 1.807) is 35.2 Å². The number of carbonyl (C=O) groups excluding carboxylic acids is 2. The van der Waals surface area contributed by atoms with E-state index in [9.17, 15) is 23.1 Å². The number of nitrogens with zero attached hydrogens (tertiary/aromatic N) is 1. The van der Waals surface area contributed by atoms with Gasteiger partial charge >= 0.3 is 0 Å². The van der Waals surface area contributed by atoms with Gasteiger partial charge in [0.1, 0.15) is 22.0 Å². The van der Waals surface area contributed by atoms with Crippen LogP contribution in [0.1, 0.15) is 44.1 Å². The van der Waals surface area contributed by atoms with E-state index in [2.05, 4.69) is 4.98 Å². The van der Waals surface area contributed by atoms with Gasteiger partial charge in [-0.05, 0) is 60.7 Å². The zero-order chi connectivity index (χ0) is 23.0. The monoisotopic (exact) mass is 453 g/mol. The van der Waals surface area contributed by atoms with Crippen LogP contribution in [0.25, 0.3) is 0 Å². The molecule has 0 saturated heterocycles. The van der Waals surface area contributed by atoms with Crippen LogP contribution in [0.2, 0.25) is 0 Å². The second-order valence-electron chi connectivity index (χ2n) is 7.79. The maximum atomic E-state index is 13.4. The highest BCUT2D eigenvalue weighted by Gasteiger charge is 2.33. The lowest BCUT2D eigenvalue weighted by molar-refractivity contribution is 0.0739. The number of rotatable bonds is 4. The number of amides is 2. The van der Waals surface area contributed by atoms with Crippen LogP contribution >= 0.6 is 0 Å². The molecule has 0 aliphatic carbocycles. The molecule has 0 atom stereocenters. The van der Waals surface area contributed by atoms with Crippen LogP contribution in [0.3, 0.4) is 0 Å². The molecule has 0 spiro atoms. The van der Waals surface area contributed by atoms with Crippen LogP contribution in [-0.4, -0.2) is 41.8 Å². The van der Waals surface area contributed by atoms with E-state index < -0.39 is 21.7 Å². The molecule has 4 N–H and O–H groups in total. The normalized spacial score (nSPS) is 14.0. The Morgan fingerprint density at radius 2 is 1.78 bits per heavy atom. The van der Waals surface area contributed by atoms with Gasteiger partial charge in [-0.25, -0.2) is 8.42 Å². The molecular formula is C23H23N3O5S. The molecule has 0 bridgehead atoms. The molecule has 1 aliphatic rings. The third-order valence-corrected chi connectivity index (χ3v) is 7.63. The predicted molar refractivity (Wildman–Crippen MR) is 117 cm³/mol. The number of aromatic amines is 1. The molecule has 0 saturated carbocycles. The first-order valence-corrected chi connectivity index (χ1v) is 11.6. The van der Waals surface area contributed by atoms with Crippen molar-refractivity contribution in [1.29, 1.82) is 0 Å². The molecule has 8 nitrogen and oxygen atoms in total. The van der Waals surface area contributed by atoms with Crippen LogP contribution < -0.4 is 5.73 Å². The molecule has 9 heteroatoms. The number of H-pyrrole nitrogens is 1. The first-order valence-electron chi connectivity index (χ1n) is 10.1. The summed E-state index contributed by atoms with van der Waals surface area (Å²) in [6, 6.07) is 12.8. The third kappa shape index (κ3) is 3.75. The van der Waals surface area contributed by atoms with Crippen molar-refractivity contribution in [3.05, 3.63) is 76.6 Å². The standard InChI is InChI=1S/C23H23N3O5S/c1-14-19(23(29)26-11-5-6-15-9-10-17(27)12-16(15)13-26)25-20(22(24)28)21(14)32(30,31)18-7-3-2-4-8-18/h2-4,7-10,12,25,27H,5-6,11,13H2,1H3,(H2,24,28). The van der Waals surface area contributed by atoms with Crippen molar-refractivity contribution >= 4 is 21.7 Å². The molecule has 2 amide bonds. The summed E-state index contributed by atoms with van der Waals surface area (Å²) in [5.74, 6) is -1.29. The maximum absolute atomic E-state index is 13.4. The summed E-state index contributed by atoms with van der Waals surface area (Å²) in [6.45, 7) is 2.19. The van der Waals surface area contributed by atoms with Crippen molar-refractivity contribution < 1.29 is 23.1 Å². The number of hydrogen-bond donors (Lipinski definition) is 3. The number of aryl methyl sites for hydroxylation is 1. The molecule has 166 valence electrons. The van der Waals surface area contributed by atoms with Crippen LogP contribution in [0.15, 0.2) is 58.3 Å². The highest BCUT2D eigenvalue weighted by Crippen LogP contribution is 2.31. The lowest BCUT2D eigenvalue weighted by Crippen LogP contribution is -2.31. The van der Waals surface area contributed by atoms with Crippen LogP contribution in [-0.2, 0) is 22.8 Å². The van der Waals surface area contributed by atoms with Gasteiger partial charge in [0.2, 0.25) is 9.84 Å². The van der Waals surface area contributed by atoms with E-state index >= 15 is 0 Å². The minimum Gasteiger partial charge on any atom is -0.508 e. The summed E-state index contributed by atoms with van der Waals surface area (Å²) in [7, 11) is -4.09. The molecule has 0 radical (unpaired) electrons. The van der Waals surface area contributed by atoms with Gasteiger partial charge in [-0.2, -0.15) is 0 Å². The first kappa shape index (κ1) is 21.6. The van der Waals surface area contributed by atoms with Gasteiger partial charge in [-0.15, -0.1) is 0 Å². The second-order valence-corrected chi connectivity index (χ2v) is 9.68. The third-order valence-electron chi connectivity index (χ3n) is 5.69. The zero-order valence-corrected chi connectivity index (χ0v) is 18.3. The van der Waals surface area contributed by atoms with Crippen molar-refractivity contribution in [2.24, 2.45) is 5.73 Å². The Kier molecular flexibility index (Phi) is 5.52. The molecule has 3 aromatic rings. The minimum atomic E-state index is -4.09. The number of nitrogens with one attached hydrogen (secondary N) is 1. The Hall–Kier alpha value is -3.59.